The minimum atomic E-state index is -0.830. The number of methoxy groups -OCH3 is 1. The van der Waals surface area contributed by atoms with Crippen molar-refractivity contribution >= 4 is 6.09 Å². The van der Waals surface area contributed by atoms with Gasteiger partial charge in [0.05, 0.1) is 18.2 Å². The lowest BCUT2D eigenvalue weighted by atomic mass is 9.80. The third-order valence-electron chi connectivity index (χ3n) is 7.30. The van der Waals surface area contributed by atoms with E-state index in [1.807, 2.05) is 26.0 Å². The number of hydrogen-bond acceptors (Lipinski definition) is 4. The predicted molar refractivity (Wildman–Crippen MR) is 130 cm³/mol. The van der Waals surface area contributed by atoms with Gasteiger partial charge in [0.1, 0.15) is 5.75 Å². The van der Waals surface area contributed by atoms with Gasteiger partial charge in [0, 0.05) is 26.7 Å². The number of benzene rings is 2. The van der Waals surface area contributed by atoms with Gasteiger partial charge >= 0.3 is 6.09 Å². The van der Waals surface area contributed by atoms with Crippen molar-refractivity contribution in [2.75, 3.05) is 40.0 Å². The number of ether oxygens (including phenoxy) is 2. The Bertz CT molecular complexity index is 918. The molecule has 0 aliphatic carbocycles. The van der Waals surface area contributed by atoms with E-state index in [4.69, 9.17) is 9.47 Å². The smallest absolute Gasteiger partial charge is 0.408 e. The van der Waals surface area contributed by atoms with Crippen LogP contribution in [0, 0.1) is 5.92 Å². The largest absolute Gasteiger partial charge is 0.494 e. The standard InChI is InChI=1S/C27H36N2O4/c1-27(2,29(26(30)31)25-19-28-15-13-22(25)14-16-28)23-9-5-20(6-10-23)21-7-11-24(12-8-21)33-18-4-17-32-3/h5-12,22,25H,4,13-19H2,1-3H3,(H,30,31). The molecule has 0 spiro atoms. The van der Waals surface area contributed by atoms with Crippen LogP contribution in [0.5, 0.6) is 5.75 Å². The van der Waals surface area contributed by atoms with Crippen LogP contribution < -0.4 is 4.74 Å². The summed E-state index contributed by atoms with van der Waals surface area (Å²) >= 11 is 0. The first-order valence-electron chi connectivity index (χ1n) is 12.0. The van der Waals surface area contributed by atoms with Gasteiger partial charge in [0.15, 0.2) is 0 Å². The van der Waals surface area contributed by atoms with E-state index in [0.717, 1.165) is 61.3 Å². The summed E-state index contributed by atoms with van der Waals surface area (Å²) in [4.78, 5) is 16.5. The molecule has 1 N–H and O–H groups in total. The van der Waals surface area contributed by atoms with Gasteiger partial charge in [0.2, 0.25) is 0 Å². The van der Waals surface area contributed by atoms with Crippen molar-refractivity contribution in [3.8, 4) is 16.9 Å². The molecule has 1 atom stereocenters. The van der Waals surface area contributed by atoms with E-state index >= 15 is 0 Å². The van der Waals surface area contributed by atoms with Crippen molar-refractivity contribution in [3.05, 3.63) is 54.1 Å². The van der Waals surface area contributed by atoms with E-state index in [1.54, 1.807) is 12.0 Å². The van der Waals surface area contributed by atoms with E-state index in [1.165, 1.54) is 0 Å². The number of hydrogen-bond donors (Lipinski definition) is 1. The molecule has 3 saturated heterocycles. The Hall–Kier alpha value is -2.57. The molecule has 5 rings (SSSR count). The molecule has 0 aromatic heterocycles. The van der Waals surface area contributed by atoms with Crippen LogP contribution in [0.2, 0.25) is 0 Å². The Labute approximate surface area is 197 Å². The van der Waals surface area contributed by atoms with Crippen LogP contribution in [0.25, 0.3) is 11.1 Å². The number of carbonyl (C=O) groups is 1. The molecule has 3 heterocycles. The lowest BCUT2D eigenvalue weighted by Gasteiger charge is -2.52. The minimum Gasteiger partial charge on any atom is -0.494 e. The predicted octanol–water partition coefficient (Wildman–Crippen LogP) is 5.08. The molecule has 3 aliphatic heterocycles. The van der Waals surface area contributed by atoms with Crippen molar-refractivity contribution in [1.82, 2.24) is 9.80 Å². The van der Waals surface area contributed by atoms with Gasteiger partial charge in [-0.05, 0) is 74.5 Å². The molecule has 3 aliphatic rings. The molecule has 0 saturated carbocycles. The summed E-state index contributed by atoms with van der Waals surface area (Å²) in [6.07, 6.45) is 2.22. The summed E-state index contributed by atoms with van der Waals surface area (Å²) in [5.41, 5.74) is 2.62. The molecule has 1 unspecified atom stereocenters. The second kappa shape index (κ2) is 10.1. The monoisotopic (exact) mass is 452 g/mol. The molecule has 178 valence electrons. The fourth-order valence-corrected chi connectivity index (χ4v) is 5.37. The van der Waals surface area contributed by atoms with Gasteiger partial charge < -0.3 is 19.5 Å². The Morgan fingerprint density at radius 1 is 1.03 bits per heavy atom. The maximum Gasteiger partial charge on any atom is 0.408 e. The molecule has 6 heteroatoms. The highest BCUT2D eigenvalue weighted by Crippen LogP contribution is 2.38. The number of carboxylic acid groups (broad SMARTS) is 1. The van der Waals surface area contributed by atoms with Gasteiger partial charge in [-0.25, -0.2) is 4.79 Å². The van der Waals surface area contributed by atoms with E-state index < -0.39 is 11.6 Å². The molecule has 2 aromatic carbocycles. The maximum absolute atomic E-state index is 12.4. The highest BCUT2D eigenvalue weighted by atomic mass is 16.5. The van der Waals surface area contributed by atoms with Crippen molar-refractivity contribution in [3.63, 3.8) is 0 Å². The Kier molecular flexibility index (Phi) is 7.25. The van der Waals surface area contributed by atoms with Crippen LogP contribution in [0.3, 0.4) is 0 Å². The average Bonchev–Trinajstić information content (AvgIpc) is 2.83. The fourth-order valence-electron chi connectivity index (χ4n) is 5.37. The van der Waals surface area contributed by atoms with Crippen molar-refractivity contribution in [1.29, 1.82) is 0 Å². The molecule has 3 fully saturated rings. The third kappa shape index (κ3) is 5.17. The van der Waals surface area contributed by atoms with Crippen LogP contribution in [0.4, 0.5) is 4.79 Å². The fraction of sp³-hybridized carbons (Fsp3) is 0.519. The van der Waals surface area contributed by atoms with Crippen LogP contribution >= 0.6 is 0 Å². The molecule has 1 amide bonds. The quantitative estimate of drug-likeness (QED) is 0.538. The SMILES string of the molecule is COCCCOc1ccc(-c2ccc(C(C)(C)N(C(=O)O)C3CN4CCC3CC4)cc2)cc1. The number of rotatable bonds is 9. The summed E-state index contributed by atoms with van der Waals surface area (Å²) in [7, 11) is 1.69. The number of amides is 1. The molecule has 2 bridgehead atoms. The number of nitrogens with zero attached hydrogens (tertiary/aromatic N) is 2. The van der Waals surface area contributed by atoms with E-state index in [0.29, 0.717) is 19.1 Å². The zero-order valence-corrected chi connectivity index (χ0v) is 20.0. The second-order valence-electron chi connectivity index (χ2n) is 9.71. The first-order chi connectivity index (χ1) is 15.9. The van der Waals surface area contributed by atoms with Crippen molar-refractivity contribution < 1.29 is 19.4 Å². The van der Waals surface area contributed by atoms with Crippen molar-refractivity contribution in [2.24, 2.45) is 5.92 Å². The Balaban J connectivity index is 1.47. The molecule has 0 radical (unpaired) electrons. The zero-order chi connectivity index (χ0) is 23.4. The van der Waals surface area contributed by atoms with Crippen LogP contribution in [-0.4, -0.2) is 67.0 Å². The third-order valence-corrected chi connectivity index (χ3v) is 7.30. The summed E-state index contributed by atoms with van der Waals surface area (Å²) < 4.78 is 10.8. The van der Waals surface area contributed by atoms with Crippen LogP contribution in [0.1, 0.15) is 38.7 Å². The van der Waals surface area contributed by atoms with Gasteiger partial charge in [-0.1, -0.05) is 36.4 Å². The first-order valence-corrected chi connectivity index (χ1v) is 12.0. The summed E-state index contributed by atoms with van der Waals surface area (Å²) in [6, 6.07) is 16.5. The summed E-state index contributed by atoms with van der Waals surface area (Å²) in [6.45, 7) is 8.43. The van der Waals surface area contributed by atoms with Crippen molar-refractivity contribution in [2.45, 2.75) is 44.7 Å². The molecular weight excluding hydrogens is 416 g/mol. The van der Waals surface area contributed by atoms with Gasteiger partial charge in [-0.15, -0.1) is 0 Å². The maximum atomic E-state index is 12.4. The normalized spacial score (nSPS) is 22.2. The highest BCUT2D eigenvalue weighted by Gasteiger charge is 2.45. The first kappa shape index (κ1) is 23.6. The summed E-state index contributed by atoms with van der Waals surface area (Å²) in [5.74, 6) is 1.31. The second-order valence-corrected chi connectivity index (χ2v) is 9.71. The van der Waals surface area contributed by atoms with Crippen LogP contribution in [-0.2, 0) is 10.3 Å². The highest BCUT2D eigenvalue weighted by molar-refractivity contribution is 5.68. The number of piperidine rings is 3. The Morgan fingerprint density at radius 3 is 2.15 bits per heavy atom. The van der Waals surface area contributed by atoms with Crippen LogP contribution in [0.15, 0.2) is 48.5 Å². The lowest BCUT2D eigenvalue weighted by Crippen LogP contribution is -2.62. The van der Waals surface area contributed by atoms with Gasteiger partial charge in [0.25, 0.3) is 0 Å². The zero-order valence-electron chi connectivity index (χ0n) is 20.0. The van der Waals surface area contributed by atoms with E-state index in [2.05, 4.69) is 41.3 Å². The van der Waals surface area contributed by atoms with Gasteiger partial charge in [-0.2, -0.15) is 0 Å². The van der Waals surface area contributed by atoms with E-state index in [-0.39, 0.29) is 6.04 Å². The molecular formula is C27H36N2O4. The average molecular weight is 453 g/mol. The Morgan fingerprint density at radius 2 is 1.64 bits per heavy atom. The number of fused-ring (bicyclic) bond motifs is 3. The molecule has 2 aromatic rings. The summed E-state index contributed by atoms with van der Waals surface area (Å²) in [5, 5.41) is 10.2. The topological polar surface area (TPSA) is 62.2 Å². The molecule has 6 nitrogen and oxygen atoms in total. The lowest BCUT2D eigenvalue weighted by molar-refractivity contribution is -0.0289. The molecule has 33 heavy (non-hydrogen) atoms. The van der Waals surface area contributed by atoms with E-state index in [9.17, 15) is 9.90 Å². The van der Waals surface area contributed by atoms with Gasteiger partial charge in [-0.3, -0.25) is 4.90 Å². The minimum absolute atomic E-state index is 0.0520.